The average Bonchev–Trinajstić information content (AvgIpc) is 3.28. The summed E-state index contributed by atoms with van der Waals surface area (Å²) < 4.78 is 7.50. The number of benzene rings is 1. The SMILES string of the molecule is O=C(COc1ccccc1)N1CCC[C@H](c2cccc(-n3ccnc3)n2)C1. The van der Waals surface area contributed by atoms with Gasteiger partial charge in [-0.25, -0.2) is 9.97 Å². The van der Waals surface area contributed by atoms with Crippen molar-refractivity contribution in [3.05, 3.63) is 72.9 Å². The molecule has 0 saturated carbocycles. The van der Waals surface area contributed by atoms with Crippen molar-refractivity contribution in [2.24, 2.45) is 0 Å². The molecule has 3 heterocycles. The van der Waals surface area contributed by atoms with Crippen LogP contribution in [0, 0.1) is 0 Å². The number of hydrogen-bond acceptors (Lipinski definition) is 4. The number of piperidine rings is 1. The summed E-state index contributed by atoms with van der Waals surface area (Å²) >= 11 is 0. The second kappa shape index (κ2) is 8.03. The normalized spacial score (nSPS) is 16.9. The zero-order valence-corrected chi connectivity index (χ0v) is 15.1. The Morgan fingerprint density at radius 3 is 2.85 bits per heavy atom. The molecule has 0 aliphatic carbocycles. The number of nitrogens with zero attached hydrogens (tertiary/aromatic N) is 4. The van der Waals surface area contributed by atoms with Crippen molar-refractivity contribution in [1.29, 1.82) is 0 Å². The van der Waals surface area contributed by atoms with Gasteiger partial charge in [0.25, 0.3) is 5.91 Å². The largest absolute Gasteiger partial charge is 0.484 e. The fourth-order valence-corrected chi connectivity index (χ4v) is 3.40. The molecule has 1 aliphatic rings. The lowest BCUT2D eigenvalue weighted by molar-refractivity contribution is -0.134. The maximum atomic E-state index is 12.6. The van der Waals surface area contributed by atoms with E-state index in [2.05, 4.69) is 4.98 Å². The van der Waals surface area contributed by atoms with Gasteiger partial charge in [-0.15, -0.1) is 0 Å². The zero-order chi connectivity index (χ0) is 18.5. The van der Waals surface area contributed by atoms with Crippen LogP contribution in [-0.4, -0.2) is 45.0 Å². The smallest absolute Gasteiger partial charge is 0.260 e. The second-order valence-electron chi connectivity index (χ2n) is 6.67. The molecule has 1 aliphatic heterocycles. The van der Waals surface area contributed by atoms with E-state index in [1.165, 1.54) is 0 Å². The van der Waals surface area contributed by atoms with E-state index < -0.39 is 0 Å². The van der Waals surface area contributed by atoms with E-state index in [-0.39, 0.29) is 18.4 Å². The Bertz CT molecular complexity index is 880. The second-order valence-corrected chi connectivity index (χ2v) is 6.67. The first-order chi connectivity index (χ1) is 13.3. The van der Waals surface area contributed by atoms with E-state index in [0.717, 1.165) is 30.9 Å². The van der Waals surface area contributed by atoms with Crippen molar-refractivity contribution in [3.8, 4) is 11.6 Å². The standard InChI is InChI=1S/C21H22N4O2/c26-21(15-27-18-7-2-1-3-8-18)24-12-5-6-17(14-24)19-9-4-10-20(23-19)25-13-11-22-16-25/h1-4,7-11,13,16-17H,5-6,12,14-15H2/t17-/m0/s1. The summed E-state index contributed by atoms with van der Waals surface area (Å²) in [5.41, 5.74) is 1.02. The van der Waals surface area contributed by atoms with Crippen LogP contribution < -0.4 is 4.74 Å². The molecule has 0 N–H and O–H groups in total. The van der Waals surface area contributed by atoms with Gasteiger partial charge in [0.2, 0.25) is 0 Å². The topological polar surface area (TPSA) is 60.2 Å². The van der Waals surface area contributed by atoms with Gasteiger partial charge in [-0.05, 0) is 37.1 Å². The number of pyridine rings is 1. The highest BCUT2D eigenvalue weighted by Crippen LogP contribution is 2.26. The molecule has 0 radical (unpaired) electrons. The molecule has 1 fully saturated rings. The Morgan fingerprint density at radius 2 is 2.04 bits per heavy atom. The summed E-state index contributed by atoms with van der Waals surface area (Å²) in [6.45, 7) is 1.52. The number of imidazole rings is 1. The third kappa shape index (κ3) is 4.16. The minimum absolute atomic E-state index is 0.0225. The Kier molecular flexibility index (Phi) is 5.14. The van der Waals surface area contributed by atoms with Gasteiger partial charge in [0, 0.05) is 37.1 Å². The van der Waals surface area contributed by atoms with Crippen LogP contribution in [0.25, 0.3) is 5.82 Å². The molecule has 0 spiro atoms. The molecule has 1 aromatic carbocycles. The van der Waals surface area contributed by atoms with Crippen molar-refractivity contribution in [2.45, 2.75) is 18.8 Å². The van der Waals surface area contributed by atoms with Crippen LogP contribution in [0.15, 0.2) is 67.3 Å². The first-order valence-corrected chi connectivity index (χ1v) is 9.20. The highest BCUT2D eigenvalue weighted by atomic mass is 16.5. The van der Waals surface area contributed by atoms with Crippen molar-refractivity contribution < 1.29 is 9.53 Å². The molecule has 0 unspecified atom stereocenters. The van der Waals surface area contributed by atoms with Gasteiger partial charge in [0.1, 0.15) is 17.9 Å². The van der Waals surface area contributed by atoms with Crippen molar-refractivity contribution in [3.63, 3.8) is 0 Å². The van der Waals surface area contributed by atoms with Crippen LogP contribution in [0.3, 0.4) is 0 Å². The molecule has 6 nitrogen and oxygen atoms in total. The highest BCUT2D eigenvalue weighted by molar-refractivity contribution is 5.78. The number of rotatable bonds is 5. The van der Waals surface area contributed by atoms with Gasteiger partial charge < -0.3 is 9.64 Å². The van der Waals surface area contributed by atoms with Gasteiger partial charge in [-0.3, -0.25) is 9.36 Å². The van der Waals surface area contributed by atoms with Crippen LogP contribution in [-0.2, 0) is 4.79 Å². The van der Waals surface area contributed by atoms with Gasteiger partial charge in [-0.1, -0.05) is 24.3 Å². The molecule has 4 rings (SSSR count). The summed E-state index contributed by atoms with van der Waals surface area (Å²) in [5, 5.41) is 0. The van der Waals surface area contributed by atoms with Crippen LogP contribution in [0.1, 0.15) is 24.5 Å². The fourth-order valence-electron chi connectivity index (χ4n) is 3.40. The maximum absolute atomic E-state index is 12.6. The number of likely N-dealkylation sites (tertiary alicyclic amines) is 1. The lowest BCUT2D eigenvalue weighted by atomic mass is 9.94. The minimum Gasteiger partial charge on any atom is -0.484 e. The van der Waals surface area contributed by atoms with Gasteiger partial charge in [0.15, 0.2) is 6.61 Å². The monoisotopic (exact) mass is 362 g/mol. The van der Waals surface area contributed by atoms with Gasteiger partial charge in [0.05, 0.1) is 0 Å². The predicted octanol–water partition coefficient (Wildman–Crippen LogP) is 3.05. The van der Waals surface area contributed by atoms with Gasteiger partial charge in [-0.2, -0.15) is 0 Å². The molecule has 0 bridgehead atoms. The summed E-state index contributed by atoms with van der Waals surface area (Å²) in [6.07, 6.45) is 7.36. The van der Waals surface area contributed by atoms with Crippen LogP contribution in [0.5, 0.6) is 5.75 Å². The number of carbonyl (C=O) groups excluding carboxylic acids is 1. The molecule has 1 saturated heterocycles. The number of carbonyl (C=O) groups is 1. The summed E-state index contributed by atoms with van der Waals surface area (Å²) in [4.78, 5) is 23.3. The highest BCUT2D eigenvalue weighted by Gasteiger charge is 2.26. The van der Waals surface area contributed by atoms with Crippen molar-refractivity contribution >= 4 is 5.91 Å². The number of aromatic nitrogens is 3. The van der Waals surface area contributed by atoms with Crippen LogP contribution in [0.4, 0.5) is 0 Å². The van der Waals surface area contributed by atoms with Crippen molar-refractivity contribution in [2.75, 3.05) is 19.7 Å². The molecule has 1 atom stereocenters. The number of amides is 1. The molecule has 138 valence electrons. The summed E-state index contributed by atoms with van der Waals surface area (Å²) in [7, 11) is 0. The predicted molar refractivity (Wildman–Crippen MR) is 102 cm³/mol. The molecule has 3 aromatic rings. The van der Waals surface area contributed by atoms with E-state index >= 15 is 0 Å². The lowest BCUT2D eigenvalue weighted by Gasteiger charge is -2.32. The van der Waals surface area contributed by atoms with E-state index in [1.54, 1.807) is 12.5 Å². The maximum Gasteiger partial charge on any atom is 0.260 e. The molecule has 1 amide bonds. The molecule has 27 heavy (non-hydrogen) atoms. The minimum atomic E-state index is 0.0225. The lowest BCUT2D eigenvalue weighted by Crippen LogP contribution is -2.41. The molecular weight excluding hydrogens is 340 g/mol. The summed E-state index contributed by atoms with van der Waals surface area (Å²) in [6, 6.07) is 15.5. The van der Waals surface area contributed by atoms with E-state index in [4.69, 9.17) is 9.72 Å². The van der Waals surface area contributed by atoms with Crippen molar-refractivity contribution in [1.82, 2.24) is 19.4 Å². The van der Waals surface area contributed by atoms with Crippen LogP contribution in [0.2, 0.25) is 0 Å². The summed E-state index contributed by atoms with van der Waals surface area (Å²) in [5.74, 6) is 1.83. The first kappa shape index (κ1) is 17.3. The Balaban J connectivity index is 1.40. The van der Waals surface area contributed by atoms with E-state index in [9.17, 15) is 4.79 Å². The zero-order valence-electron chi connectivity index (χ0n) is 15.1. The quantitative estimate of drug-likeness (QED) is 0.700. The first-order valence-electron chi connectivity index (χ1n) is 9.20. The molecule has 6 heteroatoms. The average molecular weight is 362 g/mol. The Hall–Kier alpha value is -3.15. The van der Waals surface area contributed by atoms with E-state index in [0.29, 0.717) is 12.3 Å². The Morgan fingerprint density at radius 1 is 1.15 bits per heavy atom. The third-order valence-electron chi connectivity index (χ3n) is 4.82. The van der Waals surface area contributed by atoms with Crippen LogP contribution >= 0.6 is 0 Å². The molecule has 2 aromatic heterocycles. The number of ether oxygens (including phenoxy) is 1. The van der Waals surface area contributed by atoms with E-state index in [1.807, 2.05) is 64.2 Å². The third-order valence-corrected chi connectivity index (χ3v) is 4.82. The Labute approximate surface area is 158 Å². The van der Waals surface area contributed by atoms with Gasteiger partial charge >= 0.3 is 0 Å². The number of para-hydroxylation sites is 1. The number of hydrogen-bond donors (Lipinski definition) is 0. The molecular formula is C21H22N4O2. The fraction of sp³-hybridized carbons (Fsp3) is 0.286.